The average molecular weight is 278 g/mol. The number of aromatic nitrogens is 2. The van der Waals surface area contributed by atoms with E-state index in [-0.39, 0.29) is 5.91 Å². The van der Waals surface area contributed by atoms with Gasteiger partial charge in [0, 0.05) is 12.7 Å². The van der Waals surface area contributed by atoms with Crippen LogP contribution < -0.4 is 11.1 Å². The van der Waals surface area contributed by atoms with E-state index >= 15 is 0 Å². The van der Waals surface area contributed by atoms with Crippen LogP contribution in [0.15, 0.2) is 12.3 Å². The minimum absolute atomic E-state index is 0.0416. The van der Waals surface area contributed by atoms with Crippen LogP contribution in [0.5, 0.6) is 0 Å². The Labute approximate surface area is 121 Å². The molecule has 0 aliphatic heterocycles. The fourth-order valence-electron chi connectivity index (χ4n) is 2.57. The molecule has 0 aliphatic rings. The lowest BCUT2D eigenvalue weighted by molar-refractivity contribution is -0.131. The van der Waals surface area contributed by atoms with E-state index < -0.39 is 5.41 Å². The molecule has 3 N–H and O–H groups in total. The third-order valence-electron chi connectivity index (χ3n) is 3.59. The number of nitrogens with zero attached hydrogens (tertiary/aromatic N) is 2. The van der Waals surface area contributed by atoms with Crippen molar-refractivity contribution in [1.82, 2.24) is 15.3 Å². The number of aryl methyl sites for hydroxylation is 1. The highest BCUT2D eigenvalue weighted by molar-refractivity contribution is 5.82. The molecule has 1 aromatic heterocycles. The molecule has 0 bridgehead atoms. The summed E-state index contributed by atoms with van der Waals surface area (Å²) in [5.74, 6) is 0.754. The van der Waals surface area contributed by atoms with Crippen LogP contribution in [0.1, 0.15) is 51.0 Å². The molecule has 0 atom stereocenters. The summed E-state index contributed by atoms with van der Waals surface area (Å²) < 4.78 is 0. The first kappa shape index (κ1) is 16.6. The van der Waals surface area contributed by atoms with Gasteiger partial charge in [0.15, 0.2) is 0 Å². The van der Waals surface area contributed by atoms with Crippen molar-refractivity contribution in [3.8, 4) is 0 Å². The molecule has 5 nitrogen and oxygen atoms in total. The molecule has 1 amide bonds. The molecule has 20 heavy (non-hydrogen) atoms. The van der Waals surface area contributed by atoms with Crippen LogP contribution in [0.3, 0.4) is 0 Å². The van der Waals surface area contributed by atoms with Crippen molar-refractivity contribution in [2.45, 2.75) is 53.0 Å². The van der Waals surface area contributed by atoms with Crippen LogP contribution in [-0.2, 0) is 11.3 Å². The highest BCUT2D eigenvalue weighted by atomic mass is 16.2. The van der Waals surface area contributed by atoms with E-state index in [0.29, 0.717) is 18.9 Å². The van der Waals surface area contributed by atoms with E-state index in [1.807, 2.05) is 13.0 Å². The summed E-state index contributed by atoms with van der Waals surface area (Å²) in [6.07, 6.45) is 5.27. The molecule has 0 fully saturated rings. The third-order valence-corrected chi connectivity index (χ3v) is 3.59. The predicted molar refractivity (Wildman–Crippen MR) is 79.9 cm³/mol. The molecule has 0 saturated carbocycles. The molecular weight excluding hydrogens is 252 g/mol. The number of amides is 1. The number of hydrogen-bond donors (Lipinski definition) is 2. The quantitative estimate of drug-likeness (QED) is 0.761. The number of nitrogens with one attached hydrogen (secondary N) is 1. The SMILES string of the molecule is CCCC(CN)(CCC)C(=O)NCc1ccnc(C)n1. The molecule has 1 aromatic rings. The van der Waals surface area contributed by atoms with Gasteiger partial charge >= 0.3 is 0 Å². The Kier molecular flexibility index (Phi) is 6.58. The topological polar surface area (TPSA) is 80.9 Å². The standard InChI is InChI=1S/C15H26N4O/c1-4-7-15(11-16,8-5-2)14(20)18-10-13-6-9-17-12(3)19-13/h6,9H,4-5,7-8,10-11,16H2,1-3H3,(H,18,20). The van der Waals surface area contributed by atoms with Crippen molar-refractivity contribution in [2.75, 3.05) is 6.54 Å². The summed E-state index contributed by atoms with van der Waals surface area (Å²) in [4.78, 5) is 20.8. The van der Waals surface area contributed by atoms with Gasteiger partial charge in [0.25, 0.3) is 0 Å². The second-order valence-electron chi connectivity index (χ2n) is 5.26. The summed E-state index contributed by atoms with van der Waals surface area (Å²) in [7, 11) is 0. The van der Waals surface area contributed by atoms with Crippen LogP contribution >= 0.6 is 0 Å². The van der Waals surface area contributed by atoms with E-state index in [1.165, 1.54) is 0 Å². The van der Waals surface area contributed by atoms with Gasteiger partial charge < -0.3 is 11.1 Å². The molecule has 0 saturated heterocycles. The number of nitrogens with two attached hydrogens (primary N) is 1. The van der Waals surface area contributed by atoms with Gasteiger partial charge in [0.1, 0.15) is 5.82 Å². The lowest BCUT2D eigenvalue weighted by Crippen LogP contribution is -2.45. The number of carbonyl (C=O) groups is 1. The summed E-state index contributed by atoms with van der Waals surface area (Å²) in [5.41, 5.74) is 6.27. The Balaban J connectivity index is 2.71. The zero-order chi connectivity index (χ0) is 15.0. The zero-order valence-electron chi connectivity index (χ0n) is 12.8. The maximum atomic E-state index is 12.5. The zero-order valence-corrected chi connectivity index (χ0v) is 12.8. The van der Waals surface area contributed by atoms with E-state index in [2.05, 4.69) is 29.1 Å². The summed E-state index contributed by atoms with van der Waals surface area (Å²) in [6.45, 7) is 6.83. The number of rotatable bonds is 8. The van der Waals surface area contributed by atoms with Gasteiger partial charge in [0.05, 0.1) is 17.7 Å². The van der Waals surface area contributed by atoms with Crippen LogP contribution in [0.4, 0.5) is 0 Å². The smallest absolute Gasteiger partial charge is 0.227 e. The molecule has 0 radical (unpaired) electrons. The van der Waals surface area contributed by atoms with Crippen molar-refractivity contribution < 1.29 is 4.79 Å². The van der Waals surface area contributed by atoms with E-state index in [9.17, 15) is 4.79 Å². The van der Waals surface area contributed by atoms with Crippen molar-refractivity contribution in [2.24, 2.45) is 11.1 Å². The summed E-state index contributed by atoms with van der Waals surface area (Å²) in [5, 5.41) is 2.98. The predicted octanol–water partition coefficient (Wildman–Crippen LogP) is 1.95. The van der Waals surface area contributed by atoms with Crippen LogP contribution in [0.2, 0.25) is 0 Å². The maximum absolute atomic E-state index is 12.5. The Morgan fingerprint density at radius 3 is 2.50 bits per heavy atom. The van der Waals surface area contributed by atoms with Crippen LogP contribution in [-0.4, -0.2) is 22.4 Å². The second kappa shape index (κ2) is 7.94. The van der Waals surface area contributed by atoms with Crippen molar-refractivity contribution in [1.29, 1.82) is 0 Å². The molecule has 112 valence electrons. The highest BCUT2D eigenvalue weighted by Crippen LogP contribution is 2.29. The first-order chi connectivity index (χ1) is 9.57. The van der Waals surface area contributed by atoms with Gasteiger partial charge in [-0.3, -0.25) is 4.79 Å². The first-order valence-corrected chi connectivity index (χ1v) is 7.35. The van der Waals surface area contributed by atoms with E-state index in [1.54, 1.807) is 6.20 Å². The van der Waals surface area contributed by atoms with Crippen LogP contribution in [0, 0.1) is 12.3 Å². The Morgan fingerprint density at radius 2 is 2.00 bits per heavy atom. The van der Waals surface area contributed by atoms with Gasteiger partial charge in [-0.2, -0.15) is 0 Å². The molecule has 0 aromatic carbocycles. The summed E-state index contributed by atoms with van der Waals surface area (Å²) >= 11 is 0. The fraction of sp³-hybridized carbons (Fsp3) is 0.667. The third kappa shape index (κ3) is 4.27. The van der Waals surface area contributed by atoms with Gasteiger partial charge in [-0.15, -0.1) is 0 Å². The van der Waals surface area contributed by atoms with Crippen LogP contribution in [0.25, 0.3) is 0 Å². The minimum Gasteiger partial charge on any atom is -0.350 e. The lowest BCUT2D eigenvalue weighted by atomic mass is 9.78. The van der Waals surface area contributed by atoms with Crippen molar-refractivity contribution >= 4 is 5.91 Å². The Bertz CT molecular complexity index is 428. The van der Waals surface area contributed by atoms with E-state index in [0.717, 1.165) is 31.4 Å². The molecule has 5 heteroatoms. The number of hydrogen-bond acceptors (Lipinski definition) is 4. The molecule has 0 aliphatic carbocycles. The van der Waals surface area contributed by atoms with Crippen molar-refractivity contribution in [3.63, 3.8) is 0 Å². The van der Waals surface area contributed by atoms with Gasteiger partial charge in [-0.25, -0.2) is 9.97 Å². The fourth-order valence-corrected chi connectivity index (χ4v) is 2.57. The minimum atomic E-state index is -0.439. The second-order valence-corrected chi connectivity index (χ2v) is 5.26. The summed E-state index contributed by atoms with van der Waals surface area (Å²) in [6, 6.07) is 1.82. The van der Waals surface area contributed by atoms with Gasteiger partial charge in [0.2, 0.25) is 5.91 Å². The molecule has 0 spiro atoms. The number of carbonyl (C=O) groups excluding carboxylic acids is 1. The van der Waals surface area contributed by atoms with Gasteiger partial charge in [-0.1, -0.05) is 26.7 Å². The Morgan fingerprint density at radius 1 is 1.35 bits per heavy atom. The molecule has 1 rings (SSSR count). The average Bonchev–Trinajstić information content (AvgIpc) is 2.44. The van der Waals surface area contributed by atoms with Crippen molar-refractivity contribution in [3.05, 3.63) is 23.8 Å². The molecule has 1 heterocycles. The largest absolute Gasteiger partial charge is 0.350 e. The van der Waals surface area contributed by atoms with Gasteiger partial charge in [-0.05, 0) is 25.8 Å². The lowest BCUT2D eigenvalue weighted by Gasteiger charge is -2.30. The highest BCUT2D eigenvalue weighted by Gasteiger charge is 2.34. The normalized spacial score (nSPS) is 11.4. The first-order valence-electron chi connectivity index (χ1n) is 7.35. The monoisotopic (exact) mass is 278 g/mol. The Hall–Kier alpha value is -1.49. The van der Waals surface area contributed by atoms with E-state index in [4.69, 9.17) is 5.73 Å². The molecule has 0 unspecified atom stereocenters. The maximum Gasteiger partial charge on any atom is 0.227 e. The molecular formula is C15H26N4O.